The summed E-state index contributed by atoms with van der Waals surface area (Å²) in [5.74, 6) is 0. The Morgan fingerprint density at radius 1 is 1.13 bits per heavy atom. The molecule has 1 N–H and O–H groups in total. The molecule has 0 aromatic carbocycles. The van der Waals surface area contributed by atoms with Gasteiger partial charge in [-0.2, -0.15) is 13.2 Å². The Morgan fingerprint density at radius 2 is 1.80 bits per heavy atom. The first-order valence-electron chi connectivity index (χ1n) is 5.41. The topological polar surface area (TPSA) is 15.3 Å². The Labute approximate surface area is 89.8 Å². The second kappa shape index (κ2) is 7.93. The first-order valence-corrected chi connectivity index (χ1v) is 5.41. The summed E-state index contributed by atoms with van der Waals surface area (Å²) in [6.07, 6.45) is -1.24. The van der Waals surface area contributed by atoms with Crippen LogP contribution in [0.1, 0.15) is 26.2 Å². The van der Waals surface area contributed by atoms with Crippen molar-refractivity contribution in [3.63, 3.8) is 0 Å². The van der Waals surface area contributed by atoms with Gasteiger partial charge in [0.25, 0.3) is 0 Å². The molecule has 0 saturated heterocycles. The van der Waals surface area contributed by atoms with E-state index in [4.69, 9.17) is 0 Å². The summed E-state index contributed by atoms with van der Waals surface area (Å²) in [7, 11) is 1.51. The van der Waals surface area contributed by atoms with Gasteiger partial charge < -0.3 is 5.32 Å². The van der Waals surface area contributed by atoms with Gasteiger partial charge in [-0.3, -0.25) is 4.90 Å². The lowest BCUT2D eigenvalue weighted by Gasteiger charge is -2.18. The summed E-state index contributed by atoms with van der Waals surface area (Å²) in [6, 6.07) is 0. The summed E-state index contributed by atoms with van der Waals surface area (Å²) in [4.78, 5) is 1.32. The maximum Gasteiger partial charge on any atom is 0.401 e. The van der Waals surface area contributed by atoms with E-state index in [0.717, 1.165) is 32.4 Å². The zero-order valence-electron chi connectivity index (χ0n) is 9.53. The van der Waals surface area contributed by atoms with E-state index in [9.17, 15) is 13.2 Å². The van der Waals surface area contributed by atoms with E-state index < -0.39 is 12.7 Å². The van der Waals surface area contributed by atoms with Crippen LogP contribution in [0.25, 0.3) is 0 Å². The van der Waals surface area contributed by atoms with Crippen molar-refractivity contribution in [2.45, 2.75) is 32.4 Å². The molecule has 0 fully saturated rings. The molecule has 0 heterocycles. The highest BCUT2D eigenvalue weighted by molar-refractivity contribution is 4.59. The van der Waals surface area contributed by atoms with E-state index in [2.05, 4.69) is 12.2 Å². The molecule has 0 aliphatic rings. The lowest BCUT2D eigenvalue weighted by atomic mass is 10.3. The van der Waals surface area contributed by atoms with Gasteiger partial charge in [0.1, 0.15) is 0 Å². The number of rotatable bonds is 8. The van der Waals surface area contributed by atoms with E-state index in [1.54, 1.807) is 0 Å². The van der Waals surface area contributed by atoms with Gasteiger partial charge in [0.15, 0.2) is 0 Å². The minimum absolute atomic E-state index is 0.507. The fourth-order valence-corrected chi connectivity index (χ4v) is 1.32. The molecule has 0 atom stereocenters. The van der Waals surface area contributed by atoms with Crippen molar-refractivity contribution < 1.29 is 13.2 Å². The van der Waals surface area contributed by atoms with E-state index in [-0.39, 0.29) is 0 Å². The van der Waals surface area contributed by atoms with E-state index >= 15 is 0 Å². The van der Waals surface area contributed by atoms with Crippen LogP contribution in [0.3, 0.4) is 0 Å². The molecule has 15 heavy (non-hydrogen) atoms. The molecular formula is C10H21F3N2. The third kappa shape index (κ3) is 11.6. The van der Waals surface area contributed by atoms with Crippen LogP contribution >= 0.6 is 0 Å². The molecule has 0 aromatic heterocycles. The van der Waals surface area contributed by atoms with Crippen molar-refractivity contribution in [3.8, 4) is 0 Å². The van der Waals surface area contributed by atoms with Crippen molar-refractivity contribution in [2.75, 3.05) is 33.2 Å². The molecule has 0 amide bonds. The third-order valence-corrected chi connectivity index (χ3v) is 2.02. The molecule has 0 aromatic rings. The second-order valence-corrected chi connectivity index (χ2v) is 3.81. The van der Waals surface area contributed by atoms with Crippen LogP contribution in [0.5, 0.6) is 0 Å². The molecular weight excluding hydrogens is 205 g/mol. The van der Waals surface area contributed by atoms with Crippen molar-refractivity contribution in [1.82, 2.24) is 10.2 Å². The average molecular weight is 226 g/mol. The highest BCUT2D eigenvalue weighted by atomic mass is 19.4. The fraction of sp³-hybridized carbons (Fsp3) is 1.00. The number of hydrogen-bond donors (Lipinski definition) is 1. The van der Waals surface area contributed by atoms with Gasteiger partial charge in [-0.1, -0.05) is 6.92 Å². The van der Waals surface area contributed by atoms with Crippen molar-refractivity contribution in [1.29, 1.82) is 0 Å². The standard InChI is InChI=1S/C10H21F3N2/c1-3-6-14-7-4-5-8-15(2)9-10(11,12)13/h14H,3-9H2,1-2H3. The van der Waals surface area contributed by atoms with E-state index in [0.29, 0.717) is 6.54 Å². The normalized spacial score (nSPS) is 12.4. The van der Waals surface area contributed by atoms with Gasteiger partial charge in [-0.25, -0.2) is 0 Å². The van der Waals surface area contributed by atoms with Crippen LogP contribution in [-0.4, -0.2) is 44.3 Å². The largest absolute Gasteiger partial charge is 0.401 e. The highest BCUT2D eigenvalue weighted by Gasteiger charge is 2.28. The Bertz CT molecular complexity index is 148. The van der Waals surface area contributed by atoms with Crippen LogP contribution in [-0.2, 0) is 0 Å². The minimum atomic E-state index is -4.07. The number of halogens is 3. The van der Waals surface area contributed by atoms with Gasteiger partial charge in [-0.05, 0) is 45.9 Å². The Hall–Kier alpha value is -0.290. The monoisotopic (exact) mass is 226 g/mol. The molecule has 2 nitrogen and oxygen atoms in total. The van der Waals surface area contributed by atoms with Crippen LogP contribution in [0, 0.1) is 0 Å². The van der Waals surface area contributed by atoms with Gasteiger partial charge in [0, 0.05) is 0 Å². The van der Waals surface area contributed by atoms with Crippen LogP contribution in [0.4, 0.5) is 13.2 Å². The van der Waals surface area contributed by atoms with Gasteiger partial charge in [0.2, 0.25) is 0 Å². The van der Waals surface area contributed by atoms with Gasteiger partial charge in [-0.15, -0.1) is 0 Å². The van der Waals surface area contributed by atoms with E-state index in [1.165, 1.54) is 11.9 Å². The zero-order valence-corrected chi connectivity index (χ0v) is 9.53. The molecule has 0 spiro atoms. The predicted molar refractivity (Wildman–Crippen MR) is 55.9 cm³/mol. The number of unbranched alkanes of at least 4 members (excludes halogenated alkanes) is 1. The summed E-state index contributed by atoms with van der Waals surface area (Å²) in [6.45, 7) is 3.67. The quantitative estimate of drug-likeness (QED) is 0.639. The number of alkyl halides is 3. The average Bonchev–Trinajstić information content (AvgIpc) is 2.08. The number of nitrogens with zero attached hydrogens (tertiary/aromatic N) is 1. The third-order valence-electron chi connectivity index (χ3n) is 2.02. The molecule has 5 heteroatoms. The summed E-state index contributed by atoms with van der Waals surface area (Å²) >= 11 is 0. The number of nitrogens with one attached hydrogen (secondary N) is 1. The zero-order chi connectivity index (χ0) is 11.7. The van der Waals surface area contributed by atoms with Crippen LogP contribution in [0.2, 0.25) is 0 Å². The van der Waals surface area contributed by atoms with Crippen LogP contribution in [0.15, 0.2) is 0 Å². The van der Waals surface area contributed by atoms with E-state index in [1.807, 2.05) is 0 Å². The van der Waals surface area contributed by atoms with Crippen molar-refractivity contribution in [3.05, 3.63) is 0 Å². The minimum Gasteiger partial charge on any atom is -0.317 e. The van der Waals surface area contributed by atoms with Crippen molar-refractivity contribution >= 4 is 0 Å². The Kier molecular flexibility index (Phi) is 7.78. The molecule has 0 aliphatic heterocycles. The lowest BCUT2D eigenvalue weighted by Crippen LogP contribution is -2.32. The maximum absolute atomic E-state index is 11.9. The van der Waals surface area contributed by atoms with Crippen LogP contribution < -0.4 is 5.32 Å². The fourth-order valence-electron chi connectivity index (χ4n) is 1.32. The molecule has 92 valence electrons. The van der Waals surface area contributed by atoms with Gasteiger partial charge in [0.05, 0.1) is 6.54 Å². The molecule has 0 aliphatic carbocycles. The highest BCUT2D eigenvalue weighted by Crippen LogP contribution is 2.15. The summed E-state index contributed by atoms with van der Waals surface area (Å²) in [5, 5.41) is 3.22. The molecule has 0 saturated carbocycles. The SMILES string of the molecule is CCCNCCCCN(C)CC(F)(F)F. The molecule has 0 rings (SSSR count). The first-order chi connectivity index (χ1) is 6.95. The maximum atomic E-state index is 11.9. The second-order valence-electron chi connectivity index (χ2n) is 3.81. The smallest absolute Gasteiger partial charge is 0.317 e. The first kappa shape index (κ1) is 14.7. The lowest BCUT2D eigenvalue weighted by molar-refractivity contribution is -0.143. The Morgan fingerprint density at radius 3 is 2.33 bits per heavy atom. The van der Waals surface area contributed by atoms with Crippen molar-refractivity contribution in [2.24, 2.45) is 0 Å². The molecule has 0 bridgehead atoms. The summed E-state index contributed by atoms with van der Waals surface area (Å²) < 4.78 is 35.8. The Balaban J connectivity index is 3.28. The summed E-state index contributed by atoms with van der Waals surface area (Å²) in [5.41, 5.74) is 0. The molecule has 0 radical (unpaired) electrons. The molecule has 0 unspecified atom stereocenters. The number of hydrogen-bond acceptors (Lipinski definition) is 2. The predicted octanol–water partition coefficient (Wildman–Crippen LogP) is 2.26. The van der Waals surface area contributed by atoms with Gasteiger partial charge >= 0.3 is 6.18 Å².